The van der Waals surface area contributed by atoms with Crippen molar-refractivity contribution in [1.82, 2.24) is 5.32 Å². The molecule has 0 aromatic rings. The van der Waals surface area contributed by atoms with E-state index in [1.165, 1.54) is 173 Å². The van der Waals surface area contributed by atoms with Gasteiger partial charge in [0, 0.05) is 6.42 Å². The molecule has 0 bridgehead atoms. The quantitative estimate of drug-likeness (QED) is 0.0272. The number of rotatable bonds is 56. The van der Waals surface area contributed by atoms with Gasteiger partial charge in [0.2, 0.25) is 5.91 Å². The molecular formula is C64H119N2O6P. The normalized spacial score (nSPS) is 14.3. The number of nitrogens with zero attached hydrogens (tertiary/aromatic N) is 1. The Morgan fingerprint density at radius 1 is 0.493 bits per heavy atom. The number of amides is 1. The van der Waals surface area contributed by atoms with E-state index in [1.54, 1.807) is 6.08 Å². The summed E-state index contributed by atoms with van der Waals surface area (Å²) in [5.41, 5.74) is 0. The number of carbonyl (C=O) groups excluding carboxylic acids is 1. The largest absolute Gasteiger partial charge is 0.756 e. The molecule has 0 aliphatic rings. The summed E-state index contributed by atoms with van der Waals surface area (Å²) in [6.07, 6.45) is 75.6. The lowest BCUT2D eigenvalue weighted by Crippen LogP contribution is -2.45. The van der Waals surface area contributed by atoms with Gasteiger partial charge in [-0.3, -0.25) is 9.36 Å². The van der Waals surface area contributed by atoms with Crippen LogP contribution >= 0.6 is 7.82 Å². The molecule has 0 heterocycles. The van der Waals surface area contributed by atoms with Gasteiger partial charge in [0.1, 0.15) is 13.2 Å². The number of hydrogen-bond donors (Lipinski definition) is 2. The molecule has 3 unspecified atom stereocenters. The highest BCUT2D eigenvalue weighted by atomic mass is 31.2. The second kappa shape index (κ2) is 54.7. The average molecular weight is 1040 g/mol. The third kappa shape index (κ3) is 57.5. The van der Waals surface area contributed by atoms with E-state index in [-0.39, 0.29) is 19.1 Å². The van der Waals surface area contributed by atoms with Crippen molar-refractivity contribution in [1.29, 1.82) is 0 Å². The molecule has 2 N–H and O–H groups in total. The summed E-state index contributed by atoms with van der Waals surface area (Å²) in [4.78, 5) is 25.5. The summed E-state index contributed by atoms with van der Waals surface area (Å²) in [5.74, 6) is -0.208. The molecule has 0 aromatic heterocycles. The van der Waals surface area contributed by atoms with Crippen LogP contribution in [0.1, 0.15) is 277 Å². The van der Waals surface area contributed by atoms with Gasteiger partial charge in [-0.1, -0.05) is 279 Å². The smallest absolute Gasteiger partial charge is 0.268 e. The van der Waals surface area contributed by atoms with Crippen molar-refractivity contribution >= 4 is 13.7 Å². The summed E-state index contributed by atoms with van der Waals surface area (Å²) in [5, 5.41) is 13.9. The number of unbranched alkanes of at least 4 members (excludes halogenated alkanes) is 33. The molecule has 0 spiro atoms. The molecule has 9 heteroatoms. The lowest BCUT2D eigenvalue weighted by Gasteiger charge is -2.29. The van der Waals surface area contributed by atoms with E-state index >= 15 is 0 Å². The Morgan fingerprint density at radius 3 is 1.22 bits per heavy atom. The Bertz CT molecular complexity index is 1420. The van der Waals surface area contributed by atoms with Crippen LogP contribution in [0.5, 0.6) is 0 Å². The fraction of sp³-hybridized carbons (Fsp3) is 0.797. The highest BCUT2D eigenvalue weighted by Crippen LogP contribution is 2.38. The molecule has 0 aliphatic carbocycles. The standard InChI is InChI=1S/C64H119N2O6P/c1-6-8-10-12-14-16-18-20-22-24-26-28-30-31-32-33-34-36-37-39-41-43-45-47-49-51-53-55-57-63(67)62(61-72-73(69,70)71-60-59-66(3,4)5)65-64(68)58-56-54-52-50-48-46-44-42-40-38-35-29-27-25-23-21-19-17-15-13-11-9-7-2/h9,11,15,17,21,23,27,29,38,40,55,57,62-63,67H,6-8,10,12-14,16,18-20,22,24-26,28,30-37,39,41-54,56,58-61H2,1-5H3,(H-,65,68,69,70)/b11-9-,17-15-,23-21-,29-27-,40-38-,57-55+. The summed E-state index contributed by atoms with van der Waals surface area (Å²) in [6.45, 7) is 4.55. The van der Waals surface area contributed by atoms with Gasteiger partial charge in [0.05, 0.1) is 39.9 Å². The number of allylic oxidation sites excluding steroid dienone is 11. The lowest BCUT2D eigenvalue weighted by atomic mass is 10.0. The van der Waals surface area contributed by atoms with Crippen LogP contribution < -0.4 is 10.2 Å². The van der Waals surface area contributed by atoms with E-state index in [9.17, 15) is 19.4 Å². The molecule has 8 nitrogen and oxygen atoms in total. The van der Waals surface area contributed by atoms with Crippen molar-refractivity contribution in [2.45, 2.75) is 289 Å². The molecule has 73 heavy (non-hydrogen) atoms. The fourth-order valence-corrected chi connectivity index (χ4v) is 9.61. The molecule has 0 fully saturated rings. The van der Waals surface area contributed by atoms with Crippen molar-refractivity contribution in [3.63, 3.8) is 0 Å². The molecule has 3 atom stereocenters. The zero-order valence-electron chi connectivity index (χ0n) is 48.6. The van der Waals surface area contributed by atoms with Crippen LogP contribution in [0.4, 0.5) is 0 Å². The van der Waals surface area contributed by atoms with Gasteiger partial charge in [-0.15, -0.1) is 0 Å². The molecule has 0 saturated carbocycles. The summed E-state index contributed by atoms with van der Waals surface area (Å²) in [7, 11) is 1.25. The first-order chi connectivity index (χ1) is 35.5. The number of nitrogens with one attached hydrogen (secondary N) is 1. The van der Waals surface area contributed by atoms with Gasteiger partial charge in [0.15, 0.2) is 0 Å². The van der Waals surface area contributed by atoms with Crippen molar-refractivity contribution in [2.75, 3.05) is 40.9 Å². The summed E-state index contributed by atoms with van der Waals surface area (Å²) in [6, 6.07) is -0.898. The minimum atomic E-state index is -4.61. The molecule has 0 saturated heterocycles. The van der Waals surface area contributed by atoms with Crippen LogP contribution in [0.2, 0.25) is 0 Å². The SMILES string of the molecule is CC/C=C\C/C=C\C/C=C\C/C=C\C/C=C\CCCCCCCCCC(=O)NC(COP(=O)([O-])OCC[N+](C)(C)C)C(O)/C=C/CCCCCCCCCCCCCCCCCCCCCCCCCCCC. The van der Waals surface area contributed by atoms with Gasteiger partial charge >= 0.3 is 0 Å². The average Bonchev–Trinajstić information content (AvgIpc) is 3.35. The number of phosphoric ester groups is 1. The van der Waals surface area contributed by atoms with Crippen LogP contribution in [0.15, 0.2) is 72.9 Å². The van der Waals surface area contributed by atoms with Crippen molar-refractivity contribution in [3.8, 4) is 0 Å². The fourth-order valence-electron chi connectivity index (χ4n) is 8.89. The molecular weight excluding hydrogens is 924 g/mol. The molecule has 0 aromatic carbocycles. The van der Waals surface area contributed by atoms with E-state index in [0.717, 1.165) is 83.5 Å². The van der Waals surface area contributed by atoms with Gasteiger partial charge < -0.3 is 28.8 Å². The number of quaternary nitrogens is 1. The molecule has 1 amide bonds. The lowest BCUT2D eigenvalue weighted by molar-refractivity contribution is -0.870. The van der Waals surface area contributed by atoms with Crippen LogP contribution in [0.3, 0.4) is 0 Å². The predicted octanol–water partition coefficient (Wildman–Crippen LogP) is 18.4. The molecule has 0 radical (unpaired) electrons. The third-order valence-corrected chi connectivity index (χ3v) is 14.6. The second-order valence-corrected chi connectivity index (χ2v) is 23.4. The van der Waals surface area contributed by atoms with Crippen LogP contribution in [-0.4, -0.2) is 68.5 Å². The van der Waals surface area contributed by atoms with Gasteiger partial charge in [0.25, 0.3) is 7.82 Å². The van der Waals surface area contributed by atoms with Crippen molar-refractivity contribution in [3.05, 3.63) is 72.9 Å². The highest BCUT2D eigenvalue weighted by Gasteiger charge is 2.23. The zero-order chi connectivity index (χ0) is 53.5. The second-order valence-electron chi connectivity index (χ2n) is 22.0. The Hall–Kier alpha value is -2.06. The molecule has 426 valence electrons. The number of likely N-dealkylation sites (N-methyl/N-ethyl adjacent to an activating group) is 1. The Morgan fingerprint density at radius 2 is 0.836 bits per heavy atom. The number of hydrogen-bond acceptors (Lipinski definition) is 6. The van der Waals surface area contributed by atoms with Gasteiger partial charge in [-0.25, -0.2) is 0 Å². The zero-order valence-corrected chi connectivity index (χ0v) is 49.5. The van der Waals surface area contributed by atoms with E-state index < -0.39 is 20.0 Å². The van der Waals surface area contributed by atoms with Crippen LogP contribution in [-0.2, 0) is 18.4 Å². The summed E-state index contributed by atoms with van der Waals surface area (Å²) < 4.78 is 23.4. The molecule has 0 rings (SSSR count). The van der Waals surface area contributed by atoms with E-state index in [4.69, 9.17) is 9.05 Å². The van der Waals surface area contributed by atoms with Gasteiger partial charge in [-0.2, -0.15) is 0 Å². The maximum Gasteiger partial charge on any atom is 0.268 e. The first kappa shape index (κ1) is 70.9. The summed E-state index contributed by atoms with van der Waals surface area (Å²) >= 11 is 0. The minimum absolute atomic E-state index is 0.00626. The maximum atomic E-state index is 13.0. The molecule has 0 aliphatic heterocycles. The number of aliphatic hydroxyl groups is 1. The monoisotopic (exact) mass is 1040 g/mol. The topological polar surface area (TPSA) is 108 Å². The Balaban J connectivity index is 4.19. The van der Waals surface area contributed by atoms with Gasteiger partial charge in [-0.05, 0) is 64.2 Å². The maximum absolute atomic E-state index is 13.0. The predicted molar refractivity (Wildman–Crippen MR) is 316 cm³/mol. The van der Waals surface area contributed by atoms with Crippen molar-refractivity contribution < 1.29 is 32.9 Å². The number of aliphatic hydroxyl groups excluding tert-OH is 1. The van der Waals surface area contributed by atoms with Crippen LogP contribution in [0, 0.1) is 0 Å². The Labute approximate surface area is 453 Å². The first-order valence-corrected chi connectivity index (χ1v) is 32.3. The van der Waals surface area contributed by atoms with Crippen LogP contribution in [0.25, 0.3) is 0 Å². The highest BCUT2D eigenvalue weighted by molar-refractivity contribution is 7.45. The van der Waals surface area contributed by atoms with E-state index in [1.807, 2.05) is 27.2 Å². The number of phosphoric acid groups is 1. The van der Waals surface area contributed by atoms with Crippen molar-refractivity contribution in [2.24, 2.45) is 0 Å². The van der Waals surface area contributed by atoms with E-state index in [0.29, 0.717) is 17.4 Å². The third-order valence-electron chi connectivity index (χ3n) is 13.7. The first-order valence-electron chi connectivity index (χ1n) is 30.8. The Kier molecular flexibility index (Phi) is 53.2. The van der Waals surface area contributed by atoms with E-state index in [2.05, 4.69) is 79.9 Å². The minimum Gasteiger partial charge on any atom is -0.756 e. The number of carbonyl (C=O) groups is 1.